The minimum atomic E-state index is -3.55. The zero-order valence-electron chi connectivity index (χ0n) is 10.9. The predicted molar refractivity (Wildman–Crippen MR) is 77.7 cm³/mol. The summed E-state index contributed by atoms with van der Waals surface area (Å²) in [7, 11) is -3.55. The van der Waals surface area contributed by atoms with Crippen molar-refractivity contribution in [1.29, 1.82) is 0 Å². The Balaban J connectivity index is 3.12. The van der Waals surface area contributed by atoms with Crippen molar-refractivity contribution in [3.63, 3.8) is 0 Å². The molecule has 108 valence electrons. The van der Waals surface area contributed by atoms with Gasteiger partial charge in [0.15, 0.2) is 0 Å². The molecule has 20 heavy (non-hydrogen) atoms. The standard InChI is InChI=1S/C13H16N2O4S/c1-3-9-14(20(18,19)10-4-2)11-12-7-5-6-8-13(12)15(16)17/h3-8H,1-2,9-11H2. The third-order valence-electron chi connectivity index (χ3n) is 2.59. The average Bonchev–Trinajstić information content (AvgIpc) is 2.38. The highest BCUT2D eigenvalue weighted by Crippen LogP contribution is 2.21. The van der Waals surface area contributed by atoms with E-state index >= 15 is 0 Å². The number of sulfonamides is 1. The summed E-state index contributed by atoms with van der Waals surface area (Å²) in [6, 6.07) is 6.06. The van der Waals surface area contributed by atoms with Gasteiger partial charge in [-0.1, -0.05) is 30.4 Å². The van der Waals surface area contributed by atoms with Crippen molar-refractivity contribution >= 4 is 15.7 Å². The van der Waals surface area contributed by atoms with Crippen molar-refractivity contribution < 1.29 is 13.3 Å². The molecule has 7 heteroatoms. The van der Waals surface area contributed by atoms with Crippen LogP contribution in [0.4, 0.5) is 5.69 Å². The Hall–Kier alpha value is -1.99. The van der Waals surface area contributed by atoms with Crippen molar-refractivity contribution in [1.82, 2.24) is 4.31 Å². The van der Waals surface area contributed by atoms with Crippen molar-refractivity contribution in [2.45, 2.75) is 6.54 Å². The SMILES string of the molecule is C=CCN(Cc1ccccc1[N+](=O)[O-])S(=O)(=O)CC=C. The molecule has 0 atom stereocenters. The molecule has 0 N–H and O–H groups in total. The summed E-state index contributed by atoms with van der Waals surface area (Å²) in [6.45, 7) is 6.92. The van der Waals surface area contributed by atoms with E-state index in [0.29, 0.717) is 5.56 Å². The molecular weight excluding hydrogens is 280 g/mol. The molecule has 0 aromatic heterocycles. The first-order valence-electron chi connectivity index (χ1n) is 5.84. The predicted octanol–water partition coefficient (Wildman–Crippen LogP) is 2.10. The molecule has 1 rings (SSSR count). The molecule has 1 aromatic rings. The maximum absolute atomic E-state index is 12.0. The van der Waals surface area contributed by atoms with Gasteiger partial charge in [-0.05, 0) is 0 Å². The van der Waals surface area contributed by atoms with Gasteiger partial charge in [-0.2, -0.15) is 4.31 Å². The van der Waals surface area contributed by atoms with E-state index in [0.717, 1.165) is 4.31 Å². The minimum absolute atomic E-state index is 0.0701. The summed E-state index contributed by atoms with van der Waals surface area (Å²) in [5.41, 5.74) is 0.238. The lowest BCUT2D eigenvalue weighted by atomic mass is 10.2. The molecule has 0 aliphatic carbocycles. The molecule has 0 aliphatic rings. The highest BCUT2D eigenvalue weighted by atomic mass is 32.2. The smallest absolute Gasteiger partial charge is 0.258 e. The summed E-state index contributed by atoms with van der Waals surface area (Å²) in [5.74, 6) is -0.221. The van der Waals surface area contributed by atoms with Gasteiger partial charge in [0.25, 0.3) is 5.69 Å². The van der Waals surface area contributed by atoms with E-state index in [1.807, 2.05) is 0 Å². The van der Waals surface area contributed by atoms with E-state index in [1.54, 1.807) is 6.07 Å². The average molecular weight is 296 g/mol. The van der Waals surface area contributed by atoms with Crippen LogP contribution in [0.3, 0.4) is 0 Å². The van der Waals surface area contributed by atoms with Crippen molar-refractivity contribution in [2.75, 3.05) is 12.3 Å². The lowest BCUT2D eigenvalue weighted by Crippen LogP contribution is -2.32. The number of nitrogens with zero attached hydrogens (tertiary/aromatic N) is 2. The van der Waals surface area contributed by atoms with Crippen LogP contribution in [0.5, 0.6) is 0 Å². The largest absolute Gasteiger partial charge is 0.273 e. The summed E-state index contributed by atoms with van der Waals surface area (Å²) >= 11 is 0. The second-order valence-corrected chi connectivity index (χ2v) is 6.05. The number of hydrogen-bond donors (Lipinski definition) is 0. The number of nitro groups is 1. The summed E-state index contributed by atoms with van der Waals surface area (Å²) < 4.78 is 25.2. The Morgan fingerprint density at radius 1 is 1.25 bits per heavy atom. The number of hydrogen-bond acceptors (Lipinski definition) is 4. The molecule has 0 spiro atoms. The molecule has 0 radical (unpaired) electrons. The molecule has 0 heterocycles. The Bertz CT molecular complexity index is 611. The first-order chi connectivity index (χ1) is 9.42. The van der Waals surface area contributed by atoms with Crippen LogP contribution in [0.25, 0.3) is 0 Å². The monoisotopic (exact) mass is 296 g/mol. The maximum Gasteiger partial charge on any atom is 0.273 e. The van der Waals surface area contributed by atoms with Gasteiger partial charge in [0.2, 0.25) is 10.0 Å². The van der Waals surface area contributed by atoms with Crippen LogP contribution >= 0.6 is 0 Å². The van der Waals surface area contributed by atoms with E-state index in [-0.39, 0.29) is 24.5 Å². The first kappa shape index (κ1) is 16.1. The van der Waals surface area contributed by atoms with Crippen molar-refractivity contribution in [3.05, 3.63) is 65.3 Å². The maximum atomic E-state index is 12.0. The van der Waals surface area contributed by atoms with Crippen LogP contribution in [0, 0.1) is 10.1 Å². The minimum Gasteiger partial charge on any atom is -0.258 e. The molecule has 0 saturated carbocycles. The Kier molecular flexibility index (Phi) is 5.60. The van der Waals surface area contributed by atoms with Crippen LogP contribution in [0.2, 0.25) is 0 Å². The third-order valence-corrected chi connectivity index (χ3v) is 4.31. The zero-order valence-corrected chi connectivity index (χ0v) is 11.8. The lowest BCUT2D eigenvalue weighted by molar-refractivity contribution is -0.385. The van der Waals surface area contributed by atoms with Gasteiger partial charge in [0, 0.05) is 24.7 Å². The highest BCUT2D eigenvalue weighted by molar-refractivity contribution is 7.89. The Morgan fingerprint density at radius 3 is 2.45 bits per heavy atom. The van der Waals surface area contributed by atoms with Crippen LogP contribution in [-0.2, 0) is 16.6 Å². The van der Waals surface area contributed by atoms with Gasteiger partial charge in [0.05, 0.1) is 10.7 Å². The molecule has 0 bridgehead atoms. The van der Waals surface area contributed by atoms with E-state index in [1.165, 1.54) is 30.4 Å². The van der Waals surface area contributed by atoms with Crippen LogP contribution < -0.4 is 0 Å². The van der Waals surface area contributed by atoms with E-state index in [4.69, 9.17) is 0 Å². The fourth-order valence-corrected chi connectivity index (χ4v) is 2.86. The van der Waals surface area contributed by atoms with Crippen molar-refractivity contribution in [2.24, 2.45) is 0 Å². The summed E-state index contributed by atoms with van der Waals surface area (Å²) in [5, 5.41) is 10.9. The van der Waals surface area contributed by atoms with Gasteiger partial charge >= 0.3 is 0 Å². The molecule has 6 nitrogen and oxygen atoms in total. The van der Waals surface area contributed by atoms with Crippen LogP contribution in [0.1, 0.15) is 5.56 Å². The number of para-hydroxylation sites is 1. The fraction of sp³-hybridized carbons (Fsp3) is 0.231. The third kappa shape index (κ3) is 4.01. The lowest BCUT2D eigenvalue weighted by Gasteiger charge is -2.19. The zero-order chi connectivity index (χ0) is 15.2. The van der Waals surface area contributed by atoms with Gasteiger partial charge in [-0.15, -0.1) is 13.2 Å². The second-order valence-electron chi connectivity index (χ2n) is 4.03. The molecular formula is C13H16N2O4S. The van der Waals surface area contributed by atoms with E-state index < -0.39 is 14.9 Å². The molecule has 1 aromatic carbocycles. The van der Waals surface area contributed by atoms with Crippen LogP contribution in [0.15, 0.2) is 49.6 Å². The normalized spacial score (nSPS) is 11.2. The second kappa shape index (κ2) is 6.97. The van der Waals surface area contributed by atoms with Gasteiger partial charge < -0.3 is 0 Å². The highest BCUT2D eigenvalue weighted by Gasteiger charge is 2.23. The molecule has 0 unspecified atom stereocenters. The summed E-state index contributed by atoms with van der Waals surface area (Å²) in [6.07, 6.45) is 2.72. The molecule has 0 amide bonds. The topological polar surface area (TPSA) is 80.5 Å². The van der Waals surface area contributed by atoms with Gasteiger partial charge in [-0.25, -0.2) is 8.42 Å². The molecule has 0 aliphatic heterocycles. The summed E-state index contributed by atoms with van der Waals surface area (Å²) in [4.78, 5) is 10.4. The number of rotatable bonds is 8. The van der Waals surface area contributed by atoms with Crippen molar-refractivity contribution in [3.8, 4) is 0 Å². The van der Waals surface area contributed by atoms with Crippen LogP contribution in [-0.4, -0.2) is 29.9 Å². The van der Waals surface area contributed by atoms with Gasteiger partial charge in [-0.3, -0.25) is 10.1 Å². The Morgan fingerprint density at radius 2 is 1.90 bits per heavy atom. The quantitative estimate of drug-likeness (QED) is 0.418. The van der Waals surface area contributed by atoms with Gasteiger partial charge in [0.1, 0.15) is 0 Å². The number of nitro benzene ring substituents is 1. The van der Waals surface area contributed by atoms with E-state index in [9.17, 15) is 18.5 Å². The first-order valence-corrected chi connectivity index (χ1v) is 7.45. The molecule has 0 fully saturated rings. The van der Waals surface area contributed by atoms with E-state index in [2.05, 4.69) is 13.2 Å². The fourth-order valence-electron chi connectivity index (χ4n) is 1.69. The Labute approximate surface area is 118 Å². The number of benzene rings is 1. The molecule has 0 saturated heterocycles.